The maximum absolute atomic E-state index is 11.1. The number of hydrogen-bond acceptors (Lipinski definition) is 3. The van der Waals surface area contributed by atoms with E-state index in [1.807, 2.05) is 0 Å². The van der Waals surface area contributed by atoms with Gasteiger partial charge in [-0.1, -0.05) is 0 Å². The molecule has 1 aromatic heterocycles. The molecule has 1 aromatic rings. The lowest BCUT2D eigenvalue weighted by Crippen LogP contribution is -2.11. The van der Waals surface area contributed by atoms with Gasteiger partial charge in [0, 0.05) is 19.1 Å². The summed E-state index contributed by atoms with van der Waals surface area (Å²) in [6.45, 7) is 0.136. The van der Waals surface area contributed by atoms with Gasteiger partial charge < -0.3 is 10.4 Å². The van der Waals surface area contributed by atoms with Crippen LogP contribution in [0.25, 0.3) is 0 Å². The highest BCUT2D eigenvalue weighted by molar-refractivity contribution is 5.89. The number of anilines is 1. The predicted octanol–water partition coefficient (Wildman–Crippen LogP) is 0.511. The average molecular weight is 183 g/mol. The first-order valence-corrected chi connectivity index (χ1v) is 4.23. The van der Waals surface area contributed by atoms with E-state index < -0.39 is 0 Å². The summed E-state index contributed by atoms with van der Waals surface area (Å²) in [5, 5.41) is 17.4. The fraction of sp³-hybridized carbons (Fsp3) is 0.500. The molecule has 0 aromatic carbocycles. The van der Waals surface area contributed by atoms with E-state index in [2.05, 4.69) is 15.5 Å². The van der Waals surface area contributed by atoms with Crippen molar-refractivity contribution in [2.45, 2.75) is 19.3 Å². The minimum atomic E-state index is -0.0577. The van der Waals surface area contributed by atoms with Crippen molar-refractivity contribution in [1.82, 2.24) is 10.2 Å². The van der Waals surface area contributed by atoms with Gasteiger partial charge in [-0.25, -0.2) is 0 Å². The Morgan fingerprint density at radius 2 is 2.46 bits per heavy atom. The van der Waals surface area contributed by atoms with E-state index in [0.717, 1.165) is 0 Å². The first-order chi connectivity index (χ1) is 6.33. The summed E-state index contributed by atoms with van der Waals surface area (Å²) in [6, 6.07) is 1.68. The number of aromatic amines is 1. The Labute approximate surface area is 76.2 Å². The number of nitrogens with zero attached hydrogens (tertiary/aromatic N) is 1. The second kappa shape index (κ2) is 5.31. The van der Waals surface area contributed by atoms with Crippen LogP contribution in [0.4, 0.5) is 5.82 Å². The molecule has 0 aliphatic rings. The molecule has 3 N–H and O–H groups in total. The lowest BCUT2D eigenvalue weighted by atomic mass is 10.2. The molecule has 0 saturated carbocycles. The standard InChI is InChI=1S/C8H13N3O2/c12-6-2-1-3-8(13)10-7-4-5-9-11-7/h4-5,12H,1-3,6H2,(H2,9,10,11,13). The van der Waals surface area contributed by atoms with E-state index in [9.17, 15) is 4.79 Å². The average Bonchev–Trinajstić information content (AvgIpc) is 2.57. The van der Waals surface area contributed by atoms with Crippen molar-refractivity contribution in [3.05, 3.63) is 12.3 Å². The summed E-state index contributed by atoms with van der Waals surface area (Å²) in [6.07, 6.45) is 3.37. The summed E-state index contributed by atoms with van der Waals surface area (Å²) in [5.74, 6) is 0.548. The number of aromatic nitrogens is 2. The number of aliphatic hydroxyl groups is 1. The number of unbranched alkanes of at least 4 members (excludes halogenated alkanes) is 1. The van der Waals surface area contributed by atoms with Crippen molar-refractivity contribution < 1.29 is 9.90 Å². The van der Waals surface area contributed by atoms with Crippen LogP contribution in [-0.4, -0.2) is 27.8 Å². The topological polar surface area (TPSA) is 78.0 Å². The van der Waals surface area contributed by atoms with Crippen molar-refractivity contribution >= 4 is 11.7 Å². The summed E-state index contributed by atoms with van der Waals surface area (Å²) in [4.78, 5) is 11.1. The highest BCUT2D eigenvalue weighted by Crippen LogP contribution is 2.01. The van der Waals surface area contributed by atoms with Crippen LogP contribution < -0.4 is 5.32 Å². The highest BCUT2D eigenvalue weighted by atomic mass is 16.2. The van der Waals surface area contributed by atoms with Crippen molar-refractivity contribution in [3.8, 4) is 0 Å². The van der Waals surface area contributed by atoms with Crippen LogP contribution in [0.15, 0.2) is 12.3 Å². The van der Waals surface area contributed by atoms with E-state index in [-0.39, 0.29) is 12.5 Å². The van der Waals surface area contributed by atoms with Gasteiger partial charge in [0.1, 0.15) is 5.82 Å². The fourth-order valence-corrected chi connectivity index (χ4v) is 0.936. The Morgan fingerprint density at radius 1 is 1.62 bits per heavy atom. The first kappa shape index (κ1) is 9.73. The highest BCUT2D eigenvalue weighted by Gasteiger charge is 2.01. The van der Waals surface area contributed by atoms with Crippen LogP contribution in [0, 0.1) is 0 Å². The second-order valence-corrected chi connectivity index (χ2v) is 2.70. The number of amides is 1. The van der Waals surface area contributed by atoms with Gasteiger partial charge in [0.15, 0.2) is 0 Å². The van der Waals surface area contributed by atoms with Crippen LogP contribution in [0.2, 0.25) is 0 Å². The predicted molar refractivity (Wildman–Crippen MR) is 48.2 cm³/mol. The molecule has 0 atom stereocenters. The van der Waals surface area contributed by atoms with Gasteiger partial charge >= 0.3 is 0 Å². The minimum absolute atomic E-state index is 0.0577. The summed E-state index contributed by atoms with van der Waals surface area (Å²) >= 11 is 0. The number of rotatable bonds is 5. The fourth-order valence-electron chi connectivity index (χ4n) is 0.936. The molecule has 1 heterocycles. The van der Waals surface area contributed by atoms with Gasteiger partial charge in [0.05, 0.1) is 6.20 Å². The van der Waals surface area contributed by atoms with E-state index in [1.165, 1.54) is 0 Å². The largest absolute Gasteiger partial charge is 0.396 e. The molecule has 72 valence electrons. The molecule has 0 fully saturated rings. The molecule has 0 unspecified atom stereocenters. The van der Waals surface area contributed by atoms with Gasteiger partial charge in [-0.15, -0.1) is 0 Å². The van der Waals surface area contributed by atoms with Gasteiger partial charge in [0.2, 0.25) is 5.91 Å². The van der Waals surface area contributed by atoms with Gasteiger partial charge in [-0.05, 0) is 12.8 Å². The number of aliphatic hydroxyl groups excluding tert-OH is 1. The zero-order chi connectivity index (χ0) is 9.52. The van der Waals surface area contributed by atoms with E-state index in [0.29, 0.717) is 25.1 Å². The van der Waals surface area contributed by atoms with E-state index in [4.69, 9.17) is 5.11 Å². The van der Waals surface area contributed by atoms with Crippen molar-refractivity contribution in [1.29, 1.82) is 0 Å². The van der Waals surface area contributed by atoms with Gasteiger partial charge in [-0.2, -0.15) is 5.10 Å². The normalized spacial score (nSPS) is 9.92. The molecule has 0 radical (unpaired) electrons. The number of hydrogen-bond donors (Lipinski definition) is 3. The van der Waals surface area contributed by atoms with Crippen LogP contribution in [0.1, 0.15) is 19.3 Å². The maximum atomic E-state index is 11.1. The van der Waals surface area contributed by atoms with Crippen molar-refractivity contribution in [2.75, 3.05) is 11.9 Å². The molecule has 0 saturated heterocycles. The molecule has 0 bridgehead atoms. The zero-order valence-electron chi connectivity index (χ0n) is 7.29. The SMILES string of the molecule is O=C(CCCCO)Nc1ccn[nH]1. The third-order valence-corrected chi connectivity index (χ3v) is 1.59. The lowest BCUT2D eigenvalue weighted by Gasteiger charge is -2.00. The quantitative estimate of drug-likeness (QED) is 0.582. The van der Waals surface area contributed by atoms with Gasteiger partial charge in [0.25, 0.3) is 0 Å². The van der Waals surface area contributed by atoms with Crippen LogP contribution >= 0.6 is 0 Å². The van der Waals surface area contributed by atoms with E-state index in [1.54, 1.807) is 12.3 Å². The van der Waals surface area contributed by atoms with Crippen LogP contribution in [0.5, 0.6) is 0 Å². The number of carbonyl (C=O) groups excluding carboxylic acids is 1. The Kier molecular flexibility index (Phi) is 3.98. The third kappa shape index (κ3) is 3.71. The molecule has 1 rings (SSSR count). The third-order valence-electron chi connectivity index (χ3n) is 1.59. The van der Waals surface area contributed by atoms with Crippen molar-refractivity contribution in [3.63, 3.8) is 0 Å². The minimum Gasteiger partial charge on any atom is -0.396 e. The molecular formula is C8H13N3O2. The molecule has 0 aliphatic heterocycles. The van der Waals surface area contributed by atoms with Crippen molar-refractivity contribution in [2.24, 2.45) is 0 Å². The smallest absolute Gasteiger partial charge is 0.225 e. The maximum Gasteiger partial charge on any atom is 0.225 e. The first-order valence-electron chi connectivity index (χ1n) is 4.23. The Morgan fingerprint density at radius 3 is 3.08 bits per heavy atom. The number of nitrogens with one attached hydrogen (secondary N) is 2. The number of H-pyrrole nitrogens is 1. The Bertz CT molecular complexity index is 246. The zero-order valence-corrected chi connectivity index (χ0v) is 7.29. The van der Waals surface area contributed by atoms with E-state index >= 15 is 0 Å². The molecule has 0 spiro atoms. The monoisotopic (exact) mass is 183 g/mol. The Hall–Kier alpha value is -1.36. The summed E-state index contributed by atoms with van der Waals surface area (Å²) in [7, 11) is 0. The molecule has 1 amide bonds. The molecular weight excluding hydrogens is 170 g/mol. The molecule has 0 aliphatic carbocycles. The Balaban J connectivity index is 2.18. The molecule has 13 heavy (non-hydrogen) atoms. The lowest BCUT2D eigenvalue weighted by molar-refractivity contribution is -0.116. The van der Waals surface area contributed by atoms with Crippen LogP contribution in [0.3, 0.4) is 0 Å². The number of carbonyl (C=O) groups is 1. The van der Waals surface area contributed by atoms with Gasteiger partial charge in [-0.3, -0.25) is 9.89 Å². The van der Waals surface area contributed by atoms with Crippen LogP contribution in [-0.2, 0) is 4.79 Å². The molecule has 5 nitrogen and oxygen atoms in total. The second-order valence-electron chi connectivity index (χ2n) is 2.70. The summed E-state index contributed by atoms with van der Waals surface area (Å²) < 4.78 is 0. The summed E-state index contributed by atoms with van der Waals surface area (Å²) in [5.41, 5.74) is 0. The molecule has 5 heteroatoms.